The molecule has 24 heavy (non-hydrogen) atoms. The predicted molar refractivity (Wildman–Crippen MR) is 70.4 cm³/mol. The lowest BCUT2D eigenvalue weighted by Gasteiger charge is -1.97. The van der Waals surface area contributed by atoms with Crippen molar-refractivity contribution in [3.05, 3.63) is 40.5 Å². The molecule has 0 spiro atoms. The van der Waals surface area contributed by atoms with E-state index in [0.717, 1.165) is 0 Å². The molecule has 18 nitrogen and oxygen atoms in total. The fourth-order valence-electron chi connectivity index (χ4n) is 1.87. The summed E-state index contributed by atoms with van der Waals surface area (Å²) in [5.41, 5.74) is -3.55. The smallest absolute Gasteiger partial charge is 0.358 e. The Hall–Kier alpha value is -4.38. The third-order valence-corrected chi connectivity index (χ3v) is 2.67. The van der Waals surface area contributed by atoms with E-state index in [1.54, 1.807) is 0 Å². The van der Waals surface area contributed by atoms with Gasteiger partial charge in [-0.05, 0) is 14.8 Å². The summed E-state index contributed by atoms with van der Waals surface area (Å²) < 4.78 is 0. The first-order valence-corrected chi connectivity index (χ1v) is 5.42. The number of nitrogen functional groups attached to an aromatic ring is 2. The van der Waals surface area contributed by atoms with Crippen molar-refractivity contribution in [2.24, 2.45) is 0 Å². The number of nitrogens with zero attached hydrogens (tertiary/aromatic N) is 8. The molecule has 0 fully saturated rings. The van der Waals surface area contributed by atoms with Gasteiger partial charge in [0.25, 0.3) is 0 Å². The number of nitro groups is 4. The van der Waals surface area contributed by atoms with Crippen LogP contribution < -0.4 is 11.7 Å². The Labute approximate surface area is 127 Å². The zero-order valence-electron chi connectivity index (χ0n) is 11.0. The molecule has 0 bridgehead atoms. The molecule has 0 radical (unpaired) electrons. The van der Waals surface area contributed by atoms with E-state index in [2.05, 4.69) is 10.2 Å². The number of aromatic nitrogens is 4. The van der Waals surface area contributed by atoms with Gasteiger partial charge in [0, 0.05) is 0 Å². The standard InChI is InChI=1S/C6H4N10O8/c7-11-2(3(13(17)18)5(10-11)15(21)22)1-4(14(19)20)9-12(8)6(1)16(23)24/h7-8H2. The van der Waals surface area contributed by atoms with Gasteiger partial charge in [-0.15, -0.1) is 0 Å². The Balaban J connectivity index is 3.02. The lowest BCUT2D eigenvalue weighted by atomic mass is 10.2. The van der Waals surface area contributed by atoms with E-state index in [1.807, 2.05) is 0 Å². The Morgan fingerprint density at radius 1 is 0.750 bits per heavy atom. The molecule has 0 saturated carbocycles. The van der Waals surface area contributed by atoms with Gasteiger partial charge in [-0.25, -0.2) is 5.84 Å². The molecule has 0 amide bonds. The first-order valence-electron chi connectivity index (χ1n) is 5.42. The summed E-state index contributed by atoms with van der Waals surface area (Å²) in [7, 11) is 0. The van der Waals surface area contributed by atoms with Gasteiger partial charge in [0.15, 0.2) is 5.10 Å². The Morgan fingerprint density at radius 3 is 1.67 bits per heavy atom. The van der Waals surface area contributed by atoms with Crippen molar-refractivity contribution in [3.63, 3.8) is 0 Å². The maximum Gasteiger partial charge on any atom is 0.470 e. The molecule has 0 aromatic carbocycles. The molecule has 0 saturated heterocycles. The van der Waals surface area contributed by atoms with Crippen LogP contribution in [0.3, 0.4) is 0 Å². The topological polar surface area (TPSA) is 260 Å². The van der Waals surface area contributed by atoms with Gasteiger partial charge in [-0.3, -0.25) is 10.1 Å². The summed E-state index contributed by atoms with van der Waals surface area (Å²) in [6.45, 7) is 0. The highest BCUT2D eigenvalue weighted by atomic mass is 16.6. The van der Waals surface area contributed by atoms with E-state index < -0.39 is 54.1 Å². The summed E-state index contributed by atoms with van der Waals surface area (Å²) >= 11 is 0. The highest BCUT2D eigenvalue weighted by Gasteiger charge is 2.48. The maximum atomic E-state index is 11.1. The van der Waals surface area contributed by atoms with Crippen LogP contribution in [0.4, 0.5) is 23.1 Å². The lowest BCUT2D eigenvalue weighted by molar-refractivity contribution is -0.424. The van der Waals surface area contributed by atoms with Gasteiger partial charge in [0.2, 0.25) is 11.3 Å². The number of rotatable bonds is 5. The van der Waals surface area contributed by atoms with E-state index in [0.29, 0.717) is 0 Å². The second kappa shape index (κ2) is 5.11. The van der Waals surface area contributed by atoms with Crippen LogP contribution in [0.15, 0.2) is 0 Å². The molecule has 0 aliphatic heterocycles. The minimum Gasteiger partial charge on any atom is -0.358 e. The molecule has 2 heterocycles. The molecular formula is C6H4N10O8. The van der Waals surface area contributed by atoms with Gasteiger partial charge >= 0.3 is 23.1 Å². The highest BCUT2D eigenvalue weighted by Crippen LogP contribution is 2.44. The zero-order valence-corrected chi connectivity index (χ0v) is 11.0. The predicted octanol–water partition coefficient (Wildman–Crippen LogP) is -1.19. The molecule has 4 N–H and O–H groups in total. The second-order valence-electron chi connectivity index (χ2n) is 3.96. The van der Waals surface area contributed by atoms with Crippen molar-refractivity contribution in [1.82, 2.24) is 19.8 Å². The molecule has 2 aromatic rings. The van der Waals surface area contributed by atoms with Gasteiger partial charge < -0.3 is 36.2 Å². The van der Waals surface area contributed by atoms with Crippen molar-refractivity contribution < 1.29 is 19.7 Å². The van der Waals surface area contributed by atoms with Crippen LogP contribution in [0.1, 0.15) is 0 Å². The van der Waals surface area contributed by atoms with E-state index in [4.69, 9.17) is 11.7 Å². The first kappa shape index (κ1) is 16.0. The molecule has 18 heteroatoms. The maximum absolute atomic E-state index is 11.1. The van der Waals surface area contributed by atoms with Crippen LogP contribution in [-0.4, -0.2) is 39.5 Å². The fraction of sp³-hybridized carbons (Fsp3) is 0. The van der Waals surface area contributed by atoms with Crippen LogP contribution in [0.5, 0.6) is 0 Å². The van der Waals surface area contributed by atoms with Crippen LogP contribution in [0.25, 0.3) is 11.3 Å². The summed E-state index contributed by atoms with van der Waals surface area (Å²) in [5, 5.41) is 50.1. The van der Waals surface area contributed by atoms with Crippen molar-refractivity contribution in [3.8, 4) is 11.3 Å². The summed E-state index contributed by atoms with van der Waals surface area (Å²) in [6.07, 6.45) is 0. The first-order chi connectivity index (χ1) is 11.1. The fourth-order valence-corrected chi connectivity index (χ4v) is 1.87. The molecule has 126 valence electrons. The summed E-state index contributed by atoms with van der Waals surface area (Å²) in [6, 6.07) is 0. The van der Waals surface area contributed by atoms with E-state index in [1.165, 1.54) is 0 Å². The summed E-state index contributed by atoms with van der Waals surface area (Å²) in [5.74, 6) is 6.53. The van der Waals surface area contributed by atoms with Crippen LogP contribution in [-0.2, 0) is 0 Å². The number of nitrogens with two attached hydrogens (primary N) is 2. The Bertz CT molecular complexity index is 909. The average Bonchev–Trinajstić information content (AvgIpc) is 2.95. The highest BCUT2D eigenvalue weighted by molar-refractivity contribution is 5.85. The second-order valence-corrected chi connectivity index (χ2v) is 3.96. The lowest BCUT2D eigenvalue weighted by Crippen LogP contribution is -2.15. The van der Waals surface area contributed by atoms with Crippen molar-refractivity contribution >= 4 is 23.1 Å². The zero-order chi connectivity index (χ0) is 18.3. The Morgan fingerprint density at radius 2 is 1.25 bits per heavy atom. The molecular weight excluding hydrogens is 340 g/mol. The Kier molecular flexibility index (Phi) is 3.41. The van der Waals surface area contributed by atoms with Gasteiger partial charge in [-0.2, -0.15) is 0 Å². The quantitative estimate of drug-likeness (QED) is 0.368. The molecule has 0 atom stereocenters. The molecule has 2 rings (SSSR count). The van der Waals surface area contributed by atoms with Gasteiger partial charge in [0.05, 0.1) is 14.8 Å². The van der Waals surface area contributed by atoms with Gasteiger partial charge in [0.1, 0.15) is 0 Å². The largest absolute Gasteiger partial charge is 0.470 e. The van der Waals surface area contributed by atoms with Crippen molar-refractivity contribution in [1.29, 1.82) is 0 Å². The van der Waals surface area contributed by atoms with E-state index >= 15 is 0 Å². The molecule has 2 aromatic heterocycles. The monoisotopic (exact) mass is 344 g/mol. The number of hydrogen-bond acceptors (Lipinski definition) is 12. The molecule has 0 aliphatic rings. The third-order valence-electron chi connectivity index (χ3n) is 2.67. The normalized spacial score (nSPS) is 10.5. The van der Waals surface area contributed by atoms with Crippen LogP contribution in [0, 0.1) is 40.5 Å². The molecule has 0 aliphatic carbocycles. The molecule has 0 unspecified atom stereocenters. The van der Waals surface area contributed by atoms with Crippen molar-refractivity contribution in [2.75, 3.05) is 11.7 Å². The SMILES string of the molecule is Nn1nc([N+](=O)[O-])c([N+](=O)[O-])c1-c1c([N+](=O)[O-])nn(N)c1[N+](=O)[O-]. The van der Waals surface area contributed by atoms with E-state index in [9.17, 15) is 40.5 Å². The van der Waals surface area contributed by atoms with Crippen LogP contribution in [0.2, 0.25) is 0 Å². The minimum atomic E-state index is -1.39. The third kappa shape index (κ3) is 2.15. The number of hydrogen-bond donors (Lipinski definition) is 2. The summed E-state index contributed by atoms with van der Waals surface area (Å²) in [4.78, 5) is 38.9. The average molecular weight is 344 g/mol. The van der Waals surface area contributed by atoms with Crippen LogP contribution >= 0.6 is 0 Å². The van der Waals surface area contributed by atoms with Gasteiger partial charge in [-0.1, -0.05) is 4.79 Å². The van der Waals surface area contributed by atoms with Crippen molar-refractivity contribution in [2.45, 2.75) is 0 Å². The minimum absolute atomic E-state index is 0.0178. The van der Waals surface area contributed by atoms with E-state index in [-0.39, 0.29) is 9.58 Å².